The highest BCUT2D eigenvalue weighted by Gasteiger charge is 2.42. The molecular formula is C31H42ClN3O4S. The van der Waals surface area contributed by atoms with E-state index in [1.54, 1.807) is 33.5 Å². The number of halogens is 1. The van der Waals surface area contributed by atoms with E-state index in [0.29, 0.717) is 37.0 Å². The summed E-state index contributed by atoms with van der Waals surface area (Å²) in [7, 11) is -3.88. The van der Waals surface area contributed by atoms with Gasteiger partial charge in [0.15, 0.2) is 0 Å². The molecule has 0 radical (unpaired) electrons. The highest BCUT2D eigenvalue weighted by Crippen LogP contribution is 2.40. The Labute approximate surface area is 244 Å². The third-order valence-electron chi connectivity index (χ3n) is 9.11. The number of carbonyl (C=O) groups is 1. The van der Waals surface area contributed by atoms with Crippen LogP contribution in [0.5, 0.6) is 0 Å². The third-order valence-corrected chi connectivity index (χ3v) is 11.3. The van der Waals surface area contributed by atoms with E-state index in [9.17, 15) is 13.2 Å². The maximum Gasteiger partial charge on any atom is 0.409 e. The molecule has 0 aromatic heterocycles. The quantitative estimate of drug-likeness (QED) is 0.395. The Kier molecular flexibility index (Phi) is 9.40. The number of hydrogen-bond acceptors (Lipinski definition) is 5. The molecule has 1 unspecified atom stereocenters. The van der Waals surface area contributed by atoms with E-state index >= 15 is 0 Å². The number of amides is 1. The van der Waals surface area contributed by atoms with E-state index in [-0.39, 0.29) is 23.6 Å². The normalized spacial score (nSPS) is 23.7. The Morgan fingerprint density at radius 2 is 1.60 bits per heavy atom. The van der Waals surface area contributed by atoms with Gasteiger partial charge in [-0.15, -0.1) is 0 Å². The number of sulfonamides is 1. The first-order valence-electron chi connectivity index (χ1n) is 14.8. The molecular weight excluding hydrogens is 546 g/mol. The van der Waals surface area contributed by atoms with Crippen molar-refractivity contribution in [3.05, 3.63) is 64.2 Å². The van der Waals surface area contributed by atoms with Crippen molar-refractivity contribution in [1.29, 1.82) is 0 Å². The van der Waals surface area contributed by atoms with Crippen LogP contribution in [0.4, 0.5) is 4.79 Å². The molecule has 3 heterocycles. The predicted octanol–water partition coefficient (Wildman–Crippen LogP) is 6.33. The molecule has 3 saturated heterocycles. The molecule has 1 amide bonds. The average molecular weight is 588 g/mol. The highest BCUT2D eigenvalue weighted by atomic mass is 35.5. The van der Waals surface area contributed by atoms with Gasteiger partial charge in [0, 0.05) is 24.2 Å². The van der Waals surface area contributed by atoms with Crippen molar-refractivity contribution < 1.29 is 17.9 Å². The van der Waals surface area contributed by atoms with Gasteiger partial charge < -0.3 is 14.5 Å². The first-order chi connectivity index (χ1) is 19.3. The minimum atomic E-state index is -3.88. The fourth-order valence-electron chi connectivity index (χ4n) is 6.69. The van der Waals surface area contributed by atoms with Crippen molar-refractivity contribution in [2.24, 2.45) is 0 Å². The van der Waals surface area contributed by atoms with Crippen molar-refractivity contribution in [3.63, 3.8) is 0 Å². The predicted molar refractivity (Wildman–Crippen MR) is 158 cm³/mol. The van der Waals surface area contributed by atoms with E-state index in [1.165, 1.54) is 19.3 Å². The summed E-state index contributed by atoms with van der Waals surface area (Å²) in [5.74, 6) is 0. The van der Waals surface area contributed by atoms with Crippen LogP contribution in [0.3, 0.4) is 0 Å². The zero-order chi connectivity index (χ0) is 28.3. The maximum atomic E-state index is 14.1. The van der Waals surface area contributed by atoms with E-state index in [2.05, 4.69) is 11.8 Å². The second-order valence-electron chi connectivity index (χ2n) is 11.6. The number of nitrogens with zero attached hydrogens (tertiary/aromatic N) is 3. The number of benzene rings is 2. The molecule has 5 rings (SSSR count). The van der Waals surface area contributed by atoms with Gasteiger partial charge in [0.25, 0.3) is 0 Å². The molecule has 9 heteroatoms. The Morgan fingerprint density at radius 1 is 0.900 bits per heavy atom. The average Bonchev–Trinajstić information content (AvgIpc) is 2.98. The van der Waals surface area contributed by atoms with Gasteiger partial charge in [0.05, 0.1) is 17.0 Å². The summed E-state index contributed by atoms with van der Waals surface area (Å²) in [5.41, 5.74) is 3.23. The molecule has 3 aliphatic rings. The summed E-state index contributed by atoms with van der Waals surface area (Å²) < 4.78 is 35.8. The van der Waals surface area contributed by atoms with Gasteiger partial charge >= 0.3 is 6.09 Å². The molecule has 3 fully saturated rings. The lowest BCUT2D eigenvalue weighted by Gasteiger charge is -2.42. The summed E-state index contributed by atoms with van der Waals surface area (Å²) in [5, 5.41) is 0.484. The first-order valence-corrected chi connectivity index (χ1v) is 16.6. The summed E-state index contributed by atoms with van der Waals surface area (Å²) in [6.07, 6.45) is 7.64. The molecule has 2 atom stereocenters. The van der Waals surface area contributed by atoms with E-state index in [1.807, 2.05) is 25.1 Å². The smallest absolute Gasteiger partial charge is 0.409 e. The summed E-state index contributed by atoms with van der Waals surface area (Å²) in [4.78, 5) is 17.7. The van der Waals surface area contributed by atoms with Gasteiger partial charge in [0.1, 0.15) is 6.61 Å². The van der Waals surface area contributed by atoms with Gasteiger partial charge in [-0.25, -0.2) is 13.2 Å². The molecule has 0 saturated carbocycles. The largest absolute Gasteiger partial charge is 0.448 e. The topological polar surface area (TPSA) is 70.2 Å². The van der Waals surface area contributed by atoms with Gasteiger partial charge in [-0.05, 0) is 113 Å². The number of likely N-dealkylation sites (tertiary alicyclic amines) is 2. The number of hydrogen-bond donors (Lipinski definition) is 0. The highest BCUT2D eigenvalue weighted by molar-refractivity contribution is 7.89. The van der Waals surface area contributed by atoms with Crippen molar-refractivity contribution >= 4 is 27.7 Å². The molecule has 0 bridgehead atoms. The lowest BCUT2D eigenvalue weighted by Crippen LogP contribution is -2.50. The molecule has 3 aliphatic heterocycles. The molecule has 0 N–H and O–H groups in total. The van der Waals surface area contributed by atoms with Crippen molar-refractivity contribution in [3.8, 4) is 0 Å². The molecule has 2 aromatic rings. The van der Waals surface area contributed by atoms with Crippen LogP contribution in [0.25, 0.3) is 0 Å². The van der Waals surface area contributed by atoms with Crippen LogP contribution in [0.2, 0.25) is 5.02 Å². The Bertz CT molecular complexity index is 1270. The van der Waals surface area contributed by atoms with Gasteiger partial charge in [-0.1, -0.05) is 36.2 Å². The number of aryl methyl sites for hydroxylation is 1. The van der Waals surface area contributed by atoms with Crippen LogP contribution in [-0.4, -0.2) is 73.5 Å². The molecule has 218 valence electrons. The van der Waals surface area contributed by atoms with E-state index in [0.717, 1.165) is 49.0 Å². The minimum absolute atomic E-state index is 0.0407. The van der Waals surface area contributed by atoms with Gasteiger partial charge in [-0.3, -0.25) is 0 Å². The molecule has 40 heavy (non-hydrogen) atoms. The zero-order valence-electron chi connectivity index (χ0n) is 23.7. The summed E-state index contributed by atoms with van der Waals surface area (Å²) in [6.45, 7) is 7.83. The molecule has 2 aromatic carbocycles. The van der Waals surface area contributed by atoms with Crippen LogP contribution >= 0.6 is 11.6 Å². The lowest BCUT2D eigenvalue weighted by molar-refractivity contribution is 0.0449. The van der Waals surface area contributed by atoms with Crippen LogP contribution in [0.1, 0.15) is 74.1 Å². The molecule has 0 aliphatic carbocycles. The molecule has 0 spiro atoms. The Morgan fingerprint density at radius 3 is 2.30 bits per heavy atom. The SMILES string of the molecule is Cc1cccc(C2CCC[C@H](COC(=O)N3CCC(N4CCCCC4)CC3)N2S(=O)(=O)c2ccc(Cl)cc2)c1C. The second kappa shape index (κ2) is 12.8. The van der Waals surface area contributed by atoms with Crippen LogP contribution in [0, 0.1) is 13.8 Å². The third kappa shape index (κ3) is 6.35. The van der Waals surface area contributed by atoms with Crippen LogP contribution in [-0.2, 0) is 14.8 Å². The zero-order valence-corrected chi connectivity index (χ0v) is 25.3. The number of ether oxygens (including phenoxy) is 1. The maximum absolute atomic E-state index is 14.1. The van der Waals surface area contributed by atoms with Gasteiger partial charge in [0.2, 0.25) is 10.0 Å². The summed E-state index contributed by atoms with van der Waals surface area (Å²) in [6, 6.07) is 12.1. The molecule has 7 nitrogen and oxygen atoms in total. The number of rotatable bonds is 6. The fourth-order valence-corrected chi connectivity index (χ4v) is 8.65. The van der Waals surface area contributed by atoms with Crippen LogP contribution in [0.15, 0.2) is 47.4 Å². The number of piperidine rings is 3. The Hall–Kier alpha value is -2.13. The van der Waals surface area contributed by atoms with Gasteiger partial charge in [-0.2, -0.15) is 4.31 Å². The fraction of sp³-hybridized carbons (Fsp3) is 0.581. The van der Waals surface area contributed by atoms with Crippen molar-refractivity contribution in [1.82, 2.24) is 14.1 Å². The number of carbonyl (C=O) groups excluding carboxylic acids is 1. The second-order valence-corrected chi connectivity index (χ2v) is 13.8. The monoisotopic (exact) mass is 587 g/mol. The van der Waals surface area contributed by atoms with Crippen molar-refractivity contribution in [2.75, 3.05) is 32.8 Å². The van der Waals surface area contributed by atoms with E-state index in [4.69, 9.17) is 16.3 Å². The van der Waals surface area contributed by atoms with E-state index < -0.39 is 16.1 Å². The first kappa shape index (κ1) is 29.4. The van der Waals surface area contributed by atoms with Crippen molar-refractivity contribution in [2.45, 2.75) is 88.2 Å². The minimum Gasteiger partial charge on any atom is -0.448 e. The Balaban J connectivity index is 1.32. The lowest BCUT2D eigenvalue weighted by atomic mass is 9.90. The van der Waals surface area contributed by atoms with Crippen LogP contribution < -0.4 is 0 Å². The summed E-state index contributed by atoms with van der Waals surface area (Å²) >= 11 is 6.08. The standard InChI is InChI=1S/C31H42ClN3O4S/c1-23-8-6-10-29(24(23)2)30-11-7-9-27(35(30)40(37,38)28-14-12-25(32)13-15-28)22-39-31(36)34-20-16-26(17-21-34)33-18-4-3-5-19-33/h6,8,10,12-15,26-27,30H,3-5,7,9,11,16-22H2,1-2H3/t27-,30?/m1/s1.